The first-order valence-electron chi connectivity index (χ1n) is 6.14. The zero-order valence-electron chi connectivity index (χ0n) is 10.5. The van der Waals surface area contributed by atoms with Gasteiger partial charge in [0, 0.05) is 25.7 Å². The van der Waals surface area contributed by atoms with Crippen molar-refractivity contribution in [1.82, 2.24) is 9.80 Å². The molecule has 0 aromatic rings. The van der Waals surface area contributed by atoms with Gasteiger partial charge in [-0.25, -0.2) is 4.79 Å². The first kappa shape index (κ1) is 11.7. The Morgan fingerprint density at radius 1 is 1.50 bits per heavy atom. The molecular formula is C12H22N2O2. The lowest BCUT2D eigenvalue weighted by molar-refractivity contribution is 0.0731. The molecule has 2 rings (SSSR count). The van der Waals surface area contributed by atoms with E-state index in [-0.39, 0.29) is 6.09 Å². The highest BCUT2D eigenvalue weighted by atomic mass is 16.6. The van der Waals surface area contributed by atoms with Crippen molar-refractivity contribution in [2.75, 3.05) is 27.2 Å². The van der Waals surface area contributed by atoms with Gasteiger partial charge in [0.15, 0.2) is 0 Å². The maximum Gasteiger partial charge on any atom is 0.409 e. The summed E-state index contributed by atoms with van der Waals surface area (Å²) in [5, 5.41) is 0. The molecule has 2 aliphatic rings. The van der Waals surface area contributed by atoms with Crippen LogP contribution in [0.4, 0.5) is 4.79 Å². The fourth-order valence-corrected chi connectivity index (χ4v) is 3.04. The van der Waals surface area contributed by atoms with E-state index in [0.717, 1.165) is 6.42 Å². The van der Waals surface area contributed by atoms with Crippen LogP contribution in [0.3, 0.4) is 0 Å². The van der Waals surface area contributed by atoms with Gasteiger partial charge in [0.1, 0.15) is 6.61 Å². The monoisotopic (exact) mass is 226 g/mol. The second-order valence-corrected chi connectivity index (χ2v) is 5.46. The Bertz CT molecular complexity index is 280. The van der Waals surface area contributed by atoms with Gasteiger partial charge in [-0.3, -0.25) is 4.90 Å². The van der Waals surface area contributed by atoms with Gasteiger partial charge in [-0.2, -0.15) is 0 Å². The second-order valence-electron chi connectivity index (χ2n) is 5.46. The summed E-state index contributed by atoms with van der Waals surface area (Å²) in [5.41, 5.74) is 0.384. The van der Waals surface area contributed by atoms with Gasteiger partial charge in [-0.15, -0.1) is 0 Å². The first-order valence-corrected chi connectivity index (χ1v) is 6.14. The lowest BCUT2D eigenvalue weighted by atomic mass is 9.97. The Balaban J connectivity index is 1.86. The van der Waals surface area contributed by atoms with E-state index in [4.69, 9.17) is 4.74 Å². The number of carbonyl (C=O) groups is 1. The summed E-state index contributed by atoms with van der Waals surface area (Å²) in [6, 6.07) is 0.441. The van der Waals surface area contributed by atoms with Gasteiger partial charge >= 0.3 is 6.09 Å². The highest BCUT2D eigenvalue weighted by Crippen LogP contribution is 2.41. The molecule has 2 aliphatic heterocycles. The smallest absolute Gasteiger partial charge is 0.409 e. The van der Waals surface area contributed by atoms with E-state index < -0.39 is 0 Å². The van der Waals surface area contributed by atoms with Crippen LogP contribution in [-0.4, -0.2) is 54.7 Å². The normalized spacial score (nSPS) is 33.8. The van der Waals surface area contributed by atoms with Crippen molar-refractivity contribution >= 4 is 6.09 Å². The average Bonchev–Trinajstić information content (AvgIpc) is 2.72. The topological polar surface area (TPSA) is 32.8 Å². The molecule has 2 fully saturated rings. The molecule has 0 bridgehead atoms. The predicted molar refractivity (Wildman–Crippen MR) is 62.4 cm³/mol. The Hall–Kier alpha value is -0.770. The minimum atomic E-state index is -0.229. The van der Waals surface area contributed by atoms with E-state index in [9.17, 15) is 4.79 Å². The summed E-state index contributed by atoms with van der Waals surface area (Å²) in [4.78, 5) is 15.4. The minimum absolute atomic E-state index is 0.229. The predicted octanol–water partition coefficient (Wildman–Crippen LogP) is 1.70. The lowest BCUT2D eigenvalue weighted by Crippen LogP contribution is -2.42. The lowest BCUT2D eigenvalue weighted by Gasteiger charge is -2.31. The molecule has 2 atom stereocenters. The van der Waals surface area contributed by atoms with Crippen LogP contribution in [0, 0.1) is 0 Å². The number of fused-ring (bicyclic) bond motifs is 1. The molecule has 92 valence electrons. The van der Waals surface area contributed by atoms with Crippen LogP contribution in [0.25, 0.3) is 0 Å². The van der Waals surface area contributed by atoms with E-state index in [0.29, 0.717) is 18.2 Å². The molecule has 0 N–H and O–H groups in total. The summed E-state index contributed by atoms with van der Waals surface area (Å²) in [6.45, 7) is 4.06. The fourth-order valence-electron chi connectivity index (χ4n) is 3.04. The Morgan fingerprint density at radius 2 is 2.25 bits per heavy atom. The third kappa shape index (κ3) is 2.03. The van der Waals surface area contributed by atoms with Crippen molar-refractivity contribution in [3.05, 3.63) is 0 Å². The maximum atomic E-state index is 11.4. The number of nitrogens with zero attached hydrogens (tertiary/aromatic N) is 2. The molecule has 4 heteroatoms. The quantitative estimate of drug-likeness (QED) is 0.718. The number of amides is 1. The Kier molecular flexibility index (Phi) is 3.10. The molecule has 16 heavy (non-hydrogen) atoms. The Morgan fingerprint density at radius 3 is 2.94 bits per heavy atom. The molecule has 1 amide bonds. The summed E-state index contributed by atoms with van der Waals surface area (Å²) in [6.07, 6.45) is 4.77. The average molecular weight is 226 g/mol. The summed E-state index contributed by atoms with van der Waals surface area (Å²) in [5.74, 6) is 0. The second kappa shape index (κ2) is 4.24. The van der Waals surface area contributed by atoms with E-state index in [2.05, 4.69) is 11.8 Å². The van der Waals surface area contributed by atoms with Crippen LogP contribution < -0.4 is 0 Å². The highest BCUT2D eigenvalue weighted by Gasteiger charge is 2.45. The van der Waals surface area contributed by atoms with Gasteiger partial charge < -0.3 is 9.64 Å². The fraction of sp³-hybridized carbons (Fsp3) is 0.917. The maximum absolute atomic E-state index is 11.4. The molecular weight excluding hydrogens is 204 g/mol. The largest absolute Gasteiger partial charge is 0.448 e. The van der Waals surface area contributed by atoms with E-state index in [1.807, 2.05) is 0 Å². The van der Waals surface area contributed by atoms with Gasteiger partial charge in [0.05, 0.1) is 0 Å². The van der Waals surface area contributed by atoms with Crippen molar-refractivity contribution in [3.63, 3.8) is 0 Å². The van der Waals surface area contributed by atoms with Crippen LogP contribution in [0.2, 0.25) is 0 Å². The van der Waals surface area contributed by atoms with Gasteiger partial charge in [-0.1, -0.05) is 0 Å². The van der Waals surface area contributed by atoms with Crippen molar-refractivity contribution < 1.29 is 9.53 Å². The molecule has 2 unspecified atom stereocenters. The standard InChI is InChI=1S/C12H22N2O2/c1-12-6-4-8-14(12)10(5-7-12)9-16-11(15)13(2)3/h10H,4-9H2,1-3H3. The van der Waals surface area contributed by atoms with E-state index in [1.54, 1.807) is 14.1 Å². The summed E-state index contributed by atoms with van der Waals surface area (Å²) in [7, 11) is 3.44. The van der Waals surface area contributed by atoms with Crippen LogP contribution in [-0.2, 0) is 4.74 Å². The molecule has 0 aromatic carbocycles. The van der Waals surface area contributed by atoms with Crippen molar-refractivity contribution in [3.8, 4) is 0 Å². The summed E-state index contributed by atoms with van der Waals surface area (Å²) >= 11 is 0. The van der Waals surface area contributed by atoms with Crippen LogP contribution in [0.15, 0.2) is 0 Å². The zero-order valence-corrected chi connectivity index (χ0v) is 10.5. The van der Waals surface area contributed by atoms with E-state index >= 15 is 0 Å². The van der Waals surface area contributed by atoms with Gasteiger partial charge in [-0.05, 0) is 39.2 Å². The third-order valence-corrected chi connectivity index (χ3v) is 4.03. The van der Waals surface area contributed by atoms with Crippen molar-refractivity contribution in [2.24, 2.45) is 0 Å². The van der Waals surface area contributed by atoms with Crippen LogP contribution >= 0.6 is 0 Å². The third-order valence-electron chi connectivity index (χ3n) is 4.03. The van der Waals surface area contributed by atoms with Crippen molar-refractivity contribution in [2.45, 2.75) is 44.2 Å². The molecule has 2 heterocycles. The zero-order chi connectivity index (χ0) is 11.8. The van der Waals surface area contributed by atoms with Gasteiger partial charge in [0.2, 0.25) is 0 Å². The number of carbonyl (C=O) groups excluding carboxylic acids is 1. The molecule has 0 radical (unpaired) electrons. The summed E-state index contributed by atoms with van der Waals surface area (Å²) < 4.78 is 5.29. The number of rotatable bonds is 2. The first-order chi connectivity index (χ1) is 7.53. The molecule has 0 saturated carbocycles. The SMILES string of the molecule is CN(C)C(=O)OCC1CCC2(C)CCCN12. The van der Waals surface area contributed by atoms with Crippen LogP contribution in [0.5, 0.6) is 0 Å². The van der Waals surface area contributed by atoms with E-state index in [1.165, 1.54) is 30.7 Å². The van der Waals surface area contributed by atoms with Crippen LogP contribution in [0.1, 0.15) is 32.6 Å². The number of ether oxygens (including phenoxy) is 1. The molecule has 2 saturated heterocycles. The molecule has 4 nitrogen and oxygen atoms in total. The highest BCUT2D eigenvalue weighted by molar-refractivity contribution is 5.66. The Labute approximate surface area is 97.5 Å². The molecule has 0 aromatic heterocycles. The molecule has 0 aliphatic carbocycles. The minimum Gasteiger partial charge on any atom is -0.448 e. The molecule has 0 spiro atoms. The number of hydrogen-bond acceptors (Lipinski definition) is 3. The van der Waals surface area contributed by atoms with Crippen molar-refractivity contribution in [1.29, 1.82) is 0 Å². The number of hydrogen-bond donors (Lipinski definition) is 0. The van der Waals surface area contributed by atoms with Gasteiger partial charge in [0.25, 0.3) is 0 Å².